The van der Waals surface area contributed by atoms with Gasteiger partial charge in [0.15, 0.2) is 0 Å². The van der Waals surface area contributed by atoms with E-state index in [4.69, 9.17) is 0 Å². The first-order valence-electron chi connectivity index (χ1n) is 5.51. The number of hydrogen-bond acceptors (Lipinski definition) is 2. The number of hydrogen-bond donors (Lipinski definition) is 3. The van der Waals surface area contributed by atoms with E-state index in [9.17, 15) is 0 Å². The summed E-state index contributed by atoms with van der Waals surface area (Å²) in [5.41, 5.74) is 1.33. The fraction of sp³-hybridized carbons (Fsp3) is 0.636. The third-order valence-corrected chi connectivity index (χ3v) is 2.79. The van der Waals surface area contributed by atoms with E-state index in [-0.39, 0.29) is 0 Å². The van der Waals surface area contributed by atoms with Crippen molar-refractivity contribution in [3.63, 3.8) is 0 Å². The summed E-state index contributed by atoms with van der Waals surface area (Å²) < 4.78 is 0. The fourth-order valence-electron chi connectivity index (χ4n) is 1.96. The summed E-state index contributed by atoms with van der Waals surface area (Å²) in [5, 5.41) is 7.00. The van der Waals surface area contributed by atoms with E-state index < -0.39 is 0 Å². The molecule has 3 N–H and O–H groups in total. The maximum Gasteiger partial charge on any atom is 0.0221 e. The van der Waals surface area contributed by atoms with Crippen LogP contribution in [0.2, 0.25) is 0 Å². The van der Waals surface area contributed by atoms with Crippen LogP contribution in [0, 0.1) is 0 Å². The van der Waals surface area contributed by atoms with Gasteiger partial charge in [0.1, 0.15) is 0 Å². The Bertz CT molecular complexity index is 237. The predicted molar refractivity (Wildman–Crippen MR) is 58.1 cm³/mol. The topological polar surface area (TPSA) is 39.8 Å². The second kappa shape index (κ2) is 5.17. The minimum absolute atomic E-state index is 0.683. The SMILES string of the molecule is c1cc(CNCC2CCCCN2)c[nH]1. The van der Waals surface area contributed by atoms with Crippen molar-refractivity contribution in [2.75, 3.05) is 13.1 Å². The fourth-order valence-corrected chi connectivity index (χ4v) is 1.96. The molecule has 78 valence electrons. The molecule has 0 saturated carbocycles. The summed E-state index contributed by atoms with van der Waals surface area (Å²) in [4.78, 5) is 3.06. The lowest BCUT2D eigenvalue weighted by Gasteiger charge is -2.23. The van der Waals surface area contributed by atoms with Crippen molar-refractivity contribution in [2.24, 2.45) is 0 Å². The van der Waals surface area contributed by atoms with Crippen LogP contribution in [-0.2, 0) is 6.54 Å². The Hall–Kier alpha value is -0.800. The molecule has 0 spiro atoms. The maximum absolute atomic E-state index is 3.53. The van der Waals surface area contributed by atoms with Crippen LogP contribution in [0.15, 0.2) is 18.5 Å². The van der Waals surface area contributed by atoms with E-state index in [0.717, 1.165) is 13.1 Å². The highest BCUT2D eigenvalue weighted by Gasteiger charge is 2.11. The molecule has 0 bridgehead atoms. The van der Waals surface area contributed by atoms with Gasteiger partial charge in [0.2, 0.25) is 0 Å². The lowest BCUT2D eigenvalue weighted by molar-refractivity contribution is 0.383. The summed E-state index contributed by atoms with van der Waals surface area (Å²) >= 11 is 0. The Kier molecular flexibility index (Phi) is 3.60. The van der Waals surface area contributed by atoms with Crippen LogP contribution in [0.1, 0.15) is 24.8 Å². The van der Waals surface area contributed by atoms with E-state index in [0.29, 0.717) is 6.04 Å². The number of H-pyrrole nitrogens is 1. The number of piperidine rings is 1. The molecular weight excluding hydrogens is 174 g/mol. The largest absolute Gasteiger partial charge is 0.367 e. The number of aromatic amines is 1. The van der Waals surface area contributed by atoms with Gasteiger partial charge < -0.3 is 15.6 Å². The van der Waals surface area contributed by atoms with Crippen LogP contribution in [-0.4, -0.2) is 24.1 Å². The highest BCUT2D eigenvalue weighted by molar-refractivity contribution is 5.07. The average Bonchev–Trinajstić information content (AvgIpc) is 2.72. The molecule has 1 fully saturated rings. The van der Waals surface area contributed by atoms with Crippen LogP contribution in [0.3, 0.4) is 0 Å². The smallest absolute Gasteiger partial charge is 0.0221 e. The van der Waals surface area contributed by atoms with Crippen molar-refractivity contribution in [3.8, 4) is 0 Å². The zero-order chi connectivity index (χ0) is 9.64. The number of rotatable bonds is 4. The van der Waals surface area contributed by atoms with Crippen molar-refractivity contribution in [2.45, 2.75) is 31.8 Å². The van der Waals surface area contributed by atoms with Crippen LogP contribution >= 0.6 is 0 Å². The number of nitrogens with one attached hydrogen (secondary N) is 3. The lowest BCUT2D eigenvalue weighted by Crippen LogP contribution is -2.41. The zero-order valence-corrected chi connectivity index (χ0v) is 8.55. The quantitative estimate of drug-likeness (QED) is 0.673. The molecule has 0 aromatic carbocycles. The Labute approximate surface area is 85.3 Å². The lowest BCUT2D eigenvalue weighted by atomic mass is 10.1. The van der Waals surface area contributed by atoms with Gasteiger partial charge in [-0.25, -0.2) is 0 Å². The van der Waals surface area contributed by atoms with Crippen molar-refractivity contribution in [1.29, 1.82) is 0 Å². The molecule has 2 rings (SSSR count). The summed E-state index contributed by atoms with van der Waals surface area (Å²) in [6.45, 7) is 3.25. The molecule has 1 unspecified atom stereocenters. The van der Waals surface area contributed by atoms with Crippen LogP contribution < -0.4 is 10.6 Å². The van der Waals surface area contributed by atoms with Crippen molar-refractivity contribution in [3.05, 3.63) is 24.0 Å². The molecule has 1 aromatic heterocycles. The van der Waals surface area contributed by atoms with Gasteiger partial charge in [-0.15, -0.1) is 0 Å². The van der Waals surface area contributed by atoms with Crippen molar-refractivity contribution >= 4 is 0 Å². The molecule has 1 aliphatic rings. The van der Waals surface area contributed by atoms with E-state index in [1.165, 1.54) is 31.4 Å². The standard InChI is InChI=1S/C11H19N3/c1-2-5-14-11(3-1)9-13-8-10-4-6-12-7-10/h4,6-7,11-14H,1-3,5,8-9H2. The van der Waals surface area contributed by atoms with Gasteiger partial charge >= 0.3 is 0 Å². The molecule has 0 aliphatic carbocycles. The van der Waals surface area contributed by atoms with E-state index >= 15 is 0 Å². The Morgan fingerprint density at radius 2 is 2.43 bits per heavy atom. The van der Waals surface area contributed by atoms with Crippen molar-refractivity contribution < 1.29 is 0 Å². The minimum atomic E-state index is 0.683. The third-order valence-electron chi connectivity index (χ3n) is 2.79. The normalized spacial score (nSPS) is 22.4. The van der Waals surface area contributed by atoms with Gasteiger partial charge in [0.05, 0.1) is 0 Å². The average molecular weight is 193 g/mol. The summed E-state index contributed by atoms with van der Waals surface area (Å²) in [5.74, 6) is 0. The molecule has 0 amide bonds. The van der Waals surface area contributed by atoms with Crippen molar-refractivity contribution in [1.82, 2.24) is 15.6 Å². The molecule has 14 heavy (non-hydrogen) atoms. The number of aromatic nitrogens is 1. The predicted octanol–water partition coefficient (Wildman–Crippen LogP) is 1.25. The van der Waals surface area contributed by atoms with Crippen LogP contribution in [0.25, 0.3) is 0 Å². The van der Waals surface area contributed by atoms with Gasteiger partial charge in [0, 0.05) is 31.5 Å². The molecular formula is C11H19N3. The monoisotopic (exact) mass is 193 g/mol. The van der Waals surface area contributed by atoms with Crippen LogP contribution in [0.4, 0.5) is 0 Å². The minimum Gasteiger partial charge on any atom is -0.367 e. The molecule has 0 radical (unpaired) electrons. The molecule has 1 aromatic rings. The molecule has 1 aliphatic heterocycles. The first kappa shape index (κ1) is 9.74. The van der Waals surface area contributed by atoms with Crippen LogP contribution in [0.5, 0.6) is 0 Å². The second-order valence-electron chi connectivity index (χ2n) is 4.00. The van der Waals surface area contributed by atoms with Gasteiger partial charge in [-0.3, -0.25) is 0 Å². The highest BCUT2D eigenvalue weighted by Crippen LogP contribution is 2.06. The Morgan fingerprint density at radius 3 is 3.14 bits per heavy atom. The molecule has 2 heterocycles. The summed E-state index contributed by atoms with van der Waals surface area (Å²) in [6.07, 6.45) is 8.05. The molecule has 3 heteroatoms. The first-order valence-corrected chi connectivity index (χ1v) is 5.51. The molecule has 1 saturated heterocycles. The Morgan fingerprint density at radius 1 is 1.43 bits per heavy atom. The molecule has 3 nitrogen and oxygen atoms in total. The maximum atomic E-state index is 3.53. The highest BCUT2D eigenvalue weighted by atomic mass is 15.0. The molecule has 1 atom stereocenters. The summed E-state index contributed by atoms with van der Waals surface area (Å²) in [7, 11) is 0. The van der Waals surface area contributed by atoms with E-state index in [1.54, 1.807) is 0 Å². The first-order chi connectivity index (χ1) is 6.95. The van der Waals surface area contributed by atoms with Gasteiger partial charge in [-0.2, -0.15) is 0 Å². The summed E-state index contributed by atoms with van der Waals surface area (Å²) in [6, 6.07) is 2.80. The Balaban J connectivity index is 1.62. The second-order valence-corrected chi connectivity index (χ2v) is 4.00. The van der Waals surface area contributed by atoms with E-state index in [2.05, 4.69) is 21.7 Å². The van der Waals surface area contributed by atoms with Gasteiger partial charge in [-0.05, 0) is 31.0 Å². The van der Waals surface area contributed by atoms with Gasteiger partial charge in [-0.1, -0.05) is 6.42 Å². The zero-order valence-electron chi connectivity index (χ0n) is 8.55. The van der Waals surface area contributed by atoms with Gasteiger partial charge in [0.25, 0.3) is 0 Å². The third kappa shape index (κ3) is 2.86. The van der Waals surface area contributed by atoms with E-state index in [1.807, 2.05) is 12.4 Å².